The fraction of sp³-hybridized carbons (Fsp3) is 0.435. The van der Waals surface area contributed by atoms with Gasteiger partial charge in [0.25, 0.3) is 5.16 Å². The van der Waals surface area contributed by atoms with Gasteiger partial charge in [0.1, 0.15) is 0 Å². The number of sulfone groups is 1. The molecule has 0 amide bonds. The Morgan fingerprint density at radius 1 is 1.00 bits per heavy atom. The molecule has 3 aromatic rings. The second-order valence-corrected chi connectivity index (χ2v) is 16.4. The van der Waals surface area contributed by atoms with E-state index in [1.165, 1.54) is 4.68 Å². The molecule has 1 aromatic heterocycles. The lowest BCUT2D eigenvalue weighted by molar-refractivity contribution is 0.238. The highest BCUT2D eigenvalue weighted by atomic mass is 32.2. The number of rotatable bonds is 9. The standard InChI is InChI=1S/C23H32N4O3SSi/c1-23(2,3)32(4,5)30-17-20(16-19-12-8-6-9-13-19)18-31(28,29)22-24-25-26-27(22)21-14-10-7-11-15-21/h6-15,20H,16-18H2,1-5H3/t20-/m0/s1. The molecular formula is C23H32N4O3SSi. The van der Waals surface area contributed by atoms with E-state index >= 15 is 0 Å². The minimum absolute atomic E-state index is 0.0422. The van der Waals surface area contributed by atoms with Crippen LogP contribution in [0.1, 0.15) is 26.3 Å². The van der Waals surface area contributed by atoms with Gasteiger partial charge in [-0.25, -0.2) is 8.42 Å². The zero-order valence-corrected chi connectivity index (χ0v) is 21.2. The van der Waals surface area contributed by atoms with Crippen LogP contribution in [0.3, 0.4) is 0 Å². The number of para-hydroxylation sites is 1. The Labute approximate surface area is 191 Å². The van der Waals surface area contributed by atoms with Gasteiger partial charge in [-0.3, -0.25) is 0 Å². The Kier molecular flexibility index (Phi) is 7.31. The highest BCUT2D eigenvalue weighted by molar-refractivity contribution is 7.91. The lowest BCUT2D eigenvalue weighted by atomic mass is 10.0. The van der Waals surface area contributed by atoms with Crippen LogP contribution in [0, 0.1) is 5.92 Å². The average molecular weight is 473 g/mol. The van der Waals surface area contributed by atoms with Gasteiger partial charge in [-0.15, -0.1) is 0 Å². The third-order valence-electron chi connectivity index (χ3n) is 6.03. The van der Waals surface area contributed by atoms with E-state index in [9.17, 15) is 8.42 Å². The molecule has 0 radical (unpaired) electrons. The summed E-state index contributed by atoms with van der Waals surface area (Å²) in [5.74, 6) is -0.318. The van der Waals surface area contributed by atoms with E-state index in [-0.39, 0.29) is 21.9 Å². The Morgan fingerprint density at radius 3 is 2.19 bits per heavy atom. The van der Waals surface area contributed by atoms with E-state index in [0.717, 1.165) is 5.56 Å². The van der Waals surface area contributed by atoms with E-state index in [2.05, 4.69) is 49.4 Å². The van der Waals surface area contributed by atoms with Crippen molar-refractivity contribution in [1.82, 2.24) is 20.2 Å². The Bertz CT molecular complexity index is 1110. The molecule has 0 N–H and O–H groups in total. The zero-order valence-electron chi connectivity index (χ0n) is 19.4. The monoisotopic (exact) mass is 472 g/mol. The van der Waals surface area contributed by atoms with E-state index in [1.807, 2.05) is 48.5 Å². The Morgan fingerprint density at radius 2 is 1.59 bits per heavy atom. The fourth-order valence-corrected chi connectivity index (χ4v) is 5.78. The van der Waals surface area contributed by atoms with E-state index in [1.54, 1.807) is 12.1 Å². The van der Waals surface area contributed by atoms with Crippen LogP contribution in [0.2, 0.25) is 18.1 Å². The SMILES string of the molecule is CC(C)(C)[Si](C)(C)OC[C@H](Cc1ccccc1)CS(=O)(=O)c1nnnn1-c1ccccc1. The maximum Gasteiger partial charge on any atom is 0.272 e. The van der Waals surface area contributed by atoms with Gasteiger partial charge in [0, 0.05) is 6.61 Å². The largest absolute Gasteiger partial charge is 0.417 e. The molecule has 3 rings (SSSR count). The highest BCUT2D eigenvalue weighted by Gasteiger charge is 2.38. The minimum Gasteiger partial charge on any atom is -0.417 e. The van der Waals surface area contributed by atoms with Crippen LogP contribution < -0.4 is 0 Å². The molecule has 2 aromatic carbocycles. The third kappa shape index (κ3) is 5.90. The van der Waals surface area contributed by atoms with Gasteiger partial charge in [-0.05, 0) is 58.6 Å². The molecule has 1 heterocycles. The van der Waals surface area contributed by atoms with Crippen molar-refractivity contribution in [2.75, 3.05) is 12.4 Å². The molecule has 0 saturated carbocycles. The van der Waals surface area contributed by atoms with Crippen molar-refractivity contribution in [3.05, 3.63) is 66.2 Å². The number of aromatic nitrogens is 4. The van der Waals surface area contributed by atoms with Gasteiger partial charge in [-0.1, -0.05) is 74.4 Å². The summed E-state index contributed by atoms with van der Waals surface area (Å²) < 4.78 is 34.5. The topological polar surface area (TPSA) is 87.0 Å². The van der Waals surface area contributed by atoms with E-state index in [0.29, 0.717) is 18.7 Å². The van der Waals surface area contributed by atoms with Crippen LogP contribution >= 0.6 is 0 Å². The molecule has 0 fully saturated rings. The lowest BCUT2D eigenvalue weighted by Gasteiger charge is -2.37. The summed E-state index contributed by atoms with van der Waals surface area (Å²) in [4.78, 5) is 0. The number of benzene rings is 2. The van der Waals surface area contributed by atoms with Crippen molar-refractivity contribution in [3.63, 3.8) is 0 Å². The molecule has 0 aliphatic rings. The van der Waals surface area contributed by atoms with Gasteiger partial charge in [-0.2, -0.15) is 4.68 Å². The summed E-state index contributed by atoms with van der Waals surface area (Å²) in [5, 5.41) is 11.3. The summed E-state index contributed by atoms with van der Waals surface area (Å²) in [7, 11) is -5.79. The van der Waals surface area contributed by atoms with Crippen molar-refractivity contribution in [3.8, 4) is 5.69 Å². The average Bonchev–Trinajstić information content (AvgIpc) is 3.24. The van der Waals surface area contributed by atoms with Crippen LogP contribution in [0.15, 0.2) is 65.8 Å². The summed E-state index contributed by atoms with van der Waals surface area (Å²) >= 11 is 0. The zero-order chi connectivity index (χ0) is 23.4. The first-order valence-corrected chi connectivity index (χ1v) is 15.3. The summed E-state index contributed by atoms with van der Waals surface area (Å²) in [5.41, 5.74) is 1.68. The van der Waals surface area contributed by atoms with Crippen LogP contribution in [0.4, 0.5) is 0 Å². The maximum atomic E-state index is 13.4. The van der Waals surface area contributed by atoms with E-state index < -0.39 is 18.2 Å². The van der Waals surface area contributed by atoms with Gasteiger partial charge < -0.3 is 4.43 Å². The van der Waals surface area contributed by atoms with Crippen molar-refractivity contribution in [1.29, 1.82) is 0 Å². The van der Waals surface area contributed by atoms with Gasteiger partial charge in [0.05, 0.1) is 11.4 Å². The molecule has 172 valence electrons. The van der Waals surface area contributed by atoms with Crippen LogP contribution in [-0.2, 0) is 20.7 Å². The molecular weight excluding hydrogens is 440 g/mol. The molecule has 0 aliphatic carbocycles. The fourth-order valence-electron chi connectivity index (χ4n) is 3.15. The number of tetrazole rings is 1. The van der Waals surface area contributed by atoms with Crippen LogP contribution in [-0.4, -0.2) is 49.3 Å². The first-order chi connectivity index (χ1) is 15.0. The van der Waals surface area contributed by atoms with Crippen molar-refractivity contribution >= 4 is 18.2 Å². The molecule has 32 heavy (non-hydrogen) atoms. The number of hydrogen-bond acceptors (Lipinski definition) is 6. The van der Waals surface area contributed by atoms with Crippen molar-refractivity contribution < 1.29 is 12.8 Å². The van der Waals surface area contributed by atoms with Gasteiger partial charge >= 0.3 is 0 Å². The molecule has 0 unspecified atom stereocenters. The minimum atomic E-state index is -3.76. The van der Waals surface area contributed by atoms with Crippen LogP contribution in [0.25, 0.3) is 5.69 Å². The van der Waals surface area contributed by atoms with E-state index in [4.69, 9.17) is 4.43 Å². The molecule has 9 heteroatoms. The van der Waals surface area contributed by atoms with Crippen molar-refractivity contribution in [2.45, 2.75) is 50.5 Å². The summed E-state index contributed by atoms with van der Waals surface area (Å²) in [6.45, 7) is 11.3. The smallest absolute Gasteiger partial charge is 0.272 e. The predicted octanol–water partition coefficient (Wildman–Crippen LogP) is 4.32. The Balaban J connectivity index is 1.86. The molecule has 7 nitrogen and oxygen atoms in total. The third-order valence-corrected chi connectivity index (χ3v) is 12.3. The highest BCUT2D eigenvalue weighted by Crippen LogP contribution is 2.37. The number of nitrogens with zero attached hydrogens (tertiary/aromatic N) is 4. The normalized spacial score (nSPS) is 13.8. The second-order valence-electron chi connectivity index (χ2n) is 9.62. The second kappa shape index (κ2) is 9.64. The summed E-state index contributed by atoms with van der Waals surface area (Å²) in [6, 6.07) is 19.0. The number of hydrogen-bond donors (Lipinski definition) is 0. The maximum absolute atomic E-state index is 13.4. The first-order valence-electron chi connectivity index (χ1n) is 10.7. The van der Waals surface area contributed by atoms with Gasteiger partial charge in [0.15, 0.2) is 8.32 Å². The Hall–Kier alpha value is -2.36. The summed E-state index contributed by atoms with van der Waals surface area (Å²) in [6.07, 6.45) is 0.599. The molecule has 0 aliphatic heterocycles. The lowest BCUT2D eigenvalue weighted by Crippen LogP contribution is -2.42. The molecule has 1 atom stereocenters. The van der Waals surface area contributed by atoms with Crippen LogP contribution in [0.5, 0.6) is 0 Å². The quantitative estimate of drug-likeness (QED) is 0.431. The van der Waals surface area contributed by atoms with Gasteiger partial charge in [0.2, 0.25) is 9.84 Å². The predicted molar refractivity (Wildman–Crippen MR) is 128 cm³/mol. The first kappa shape index (κ1) is 24.3. The molecule has 0 saturated heterocycles. The molecule has 0 bridgehead atoms. The van der Waals surface area contributed by atoms with Crippen molar-refractivity contribution in [2.24, 2.45) is 5.92 Å². The molecule has 0 spiro atoms.